The Bertz CT molecular complexity index is 719. The van der Waals surface area contributed by atoms with Gasteiger partial charge >= 0.3 is 0 Å². The predicted octanol–water partition coefficient (Wildman–Crippen LogP) is 2.68. The quantitative estimate of drug-likeness (QED) is 0.910. The molecule has 5 nitrogen and oxygen atoms in total. The summed E-state index contributed by atoms with van der Waals surface area (Å²) in [6.07, 6.45) is 2.30. The number of rotatable bonds is 4. The van der Waals surface area contributed by atoms with E-state index in [1.807, 2.05) is 6.92 Å². The average molecular weight is 301 g/mol. The molecule has 0 atom stereocenters. The van der Waals surface area contributed by atoms with Crippen LogP contribution in [0.15, 0.2) is 24.3 Å². The lowest BCUT2D eigenvalue weighted by Gasteiger charge is -2.07. The van der Waals surface area contributed by atoms with E-state index in [-0.39, 0.29) is 5.91 Å². The molecular weight excluding hydrogens is 286 g/mol. The maximum absolute atomic E-state index is 12.4. The summed E-state index contributed by atoms with van der Waals surface area (Å²) in [5.41, 5.74) is 6.77. The lowest BCUT2D eigenvalue weighted by atomic mass is 10.1. The van der Waals surface area contributed by atoms with E-state index in [1.54, 1.807) is 24.3 Å². The van der Waals surface area contributed by atoms with Crippen LogP contribution in [0.25, 0.3) is 0 Å². The number of aryl methyl sites for hydroxylation is 1. The summed E-state index contributed by atoms with van der Waals surface area (Å²) in [5.74, 6) is -0.288. The Hall–Kier alpha value is -2.21. The molecule has 21 heavy (non-hydrogen) atoms. The third-order valence-electron chi connectivity index (χ3n) is 3.39. The molecule has 0 aliphatic heterocycles. The number of para-hydroxylation sites is 1. The molecule has 3 rings (SSSR count). The second-order valence-electron chi connectivity index (χ2n) is 5.10. The minimum Gasteiger partial charge on any atom is -0.366 e. The molecule has 108 valence electrons. The zero-order chi connectivity index (χ0) is 15.0. The Morgan fingerprint density at radius 1 is 1.33 bits per heavy atom. The summed E-state index contributed by atoms with van der Waals surface area (Å²) in [6, 6.07) is 6.71. The molecule has 0 unspecified atom stereocenters. The highest BCUT2D eigenvalue weighted by atomic mass is 32.1. The Labute approximate surface area is 126 Å². The van der Waals surface area contributed by atoms with Gasteiger partial charge in [0.1, 0.15) is 4.88 Å². The fourth-order valence-corrected chi connectivity index (χ4v) is 3.25. The molecule has 0 radical (unpaired) electrons. The van der Waals surface area contributed by atoms with Crippen LogP contribution in [-0.4, -0.2) is 16.8 Å². The van der Waals surface area contributed by atoms with Crippen molar-refractivity contribution in [3.8, 4) is 0 Å². The third-order valence-corrected chi connectivity index (χ3v) is 4.71. The number of amides is 2. The van der Waals surface area contributed by atoms with Crippen LogP contribution in [-0.2, 0) is 0 Å². The second kappa shape index (κ2) is 5.29. The van der Waals surface area contributed by atoms with E-state index < -0.39 is 5.91 Å². The first kappa shape index (κ1) is 13.8. The van der Waals surface area contributed by atoms with Crippen molar-refractivity contribution >= 4 is 28.8 Å². The Morgan fingerprint density at radius 2 is 2.05 bits per heavy atom. The van der Waals surface area contributed by atoms with E-state index >= 15 is 0 Å². The summed E-state index contributed by atoms with van der Waals surface area (Å²) < 4.78 is 0. The highest BCUT2D eigenvalue weighted by molar-refractivity contribution is 7.14. The number of hydrogen-bond donors (Lipinski definition) is 2. The Balaban J connectivity index is 1.85. The van der Waals surface area contributed by atoms with E-state index in [1.165, 1.54) is 11.3 Å². The van der Waals surface area contributed by atoms with E-state index in [2.05, 4.69) is 10.3 Å². The molecule has 2 amide bonds. The first-order valence-corrected chi connectivity index (χ1v) is 7.55. The topological polar surface area (TPSA) is 85.1 Å². The van der Waals surface area contributed by atoms with Gasteiger partial charge in [0.05, 0.1) is 22.0 Å². The van der Waals surface area contributed by atoms with E-state index in [0.29, 0.717) is 22.0 Å². The van der Waals surface area contributed by atoms with Crippen LogP contribution < -0.4 is 11.1 Å². The number of thiazole rings is 1. The number of carbonyl (C=O) groups is 2. The zero-order valence-electron chi connectivity index (χ0n) is 11.6. The van der Waals surface area contributed by atoms with Crippen LogP contribution in [0.4, 0.5) is 5.69 Å². The van der Waals surface area contributed by atoms with Gasteiger partial charge in [-0.15, -0.1) is 11.3 Å². The Morgan fingerprint density at radius 3 is 2.71 bits per heavy atom. The van der Waals surface area contributed by atoms with Crippen LogP contribution in [0.5, 0.6) is 0 Å². The minimum absolute atomic E-state index is 0.245. The van der Waals surface area contributed by atoms with Crippen molar-refractivity contribution in [1.82, 2.24) is 4.98 Å². The molecule has 6 heteroatoms. The van der Waals surface area contributed by atoms with Crippen LogP contribution in [0.3, 0.4) is 0 Å². The number of anilines is 1. The molecule has 1 aromatic heterocycles. The van der Waals surface area contributed by atoms with E-state index in [4.69, 9.17) is 5.73 Å². The molecule has 1 heterocycles. The van der Waals surface area contributed by atoms with Crippen molar-refractivity contribution in [2.45, 2.75) is 25.7 Å². The van der Waals surface area contributed by atoms with Gasteiger partial charge < -0.3 is 11.1 Å². The molecule has 0 bridgehead atoms. The summed E-state index contributed by atoms with van der Waals surface area (Å²) in [4.78, 5) is 28.8. The van der Waals surface area contributed by atoms with E-state index in [0.717, 1.165) is 23.5 Å². The van der Waals surface area contributed by atoms with Gasteiger partial charge in [0.25, 0.3) is 11.8 Å². The fourth-order valence-electron chi connectivity index (χ4n) is 2.12. The summed E-state index contributed by atoms with van der Waals surface area (Å²) in [5, 5.41) is 3.78. The van der Waals surface area contributed by atoms with Crippen molar-refractivity contribution in [2.75, 3.05) is 5.32 Å². The molecule has 1 aliphatic rings. The maximum atomic E-state index is 12.4. The number of aromatic nitrogens is 1. The van der Waals surface area contributed by atoms with Crippen molar-refractivity contribution in [3.63, 3.8) is 0 Å². The van der Waals surface area contributed by atoms with Gasteiger partial charge in [-0.3, -0.25) is 9.59 Å². The molecule has 1 fully saturated rings. The number of nitrogens with zero attached hydrogens (tertiary/aromatic N) is 1. The number of hydrogen-bond acceptors (Lipinski definition) is 4. The zero-order valence-corrected chi connectivity index (χ0v) is 12.4. The average Bonchev–Trinajstić information content (AvgIpc) is 3.22. The van der Waals surface area contributed by atoms with Crippen molar-refractivity contribution in [1.29, 1.82) is 0 Å². The standard InChI is InChI=1S/C15H15N3O2S/c1-8-12(21-15(17-8)9-6-7-9)14(20)18-11-5-3-2-4-10(11)13(16)19/h2-5,9H,6-7H2,1H3,(H2,16,19)(H,18,20). The molecule has 0 saturated heterocycles. The number of nitrogens with two attached hydrogens (primary N) is 1. The molecule has 2 aromatic rings. The van der Waals surface area contributed by atoms with Gasteiger partial charge in [-0.25, -0.2) is 4.98 Å². The van der Waals surface area contributed by atoms with Crippen LogP contribution in [0, 0.1) is 6.92 Å². The smallest absolute Gasteiger partial charge is 0.267 e. The van der Waals surface area contributed by atoms with Crippen LogP contribution >= 0.6 is 11.3 Å². The fraction of sp³-hybridized carbons (Fsp3) is 0.267. The van der Waals surface area contributed by atoms with Gasteiger partial charge in [0.2, 0.25) is 0 Å². The maximum Gasteiger partial charge on any atom is 0.267 e. The number of nitrogens with one attached hydrogen (secondary N) is 1. The minimum atomic E-state index is -0.564. The summed E-state index contributed by atoms with van der Waals surface area (Å²) >= 11 is 1.43. The van der Waals surface area contributed by atoms with Gasteiger partial charge in [0, 0.05) is 5.92 Å². The lowest BCUT2D eigenvalue weighted by Crippen LogP contribution is -2.18. The predicted molar refractivity (Wildman–Crippen MR) is 81.7 cm³/mol. The molecule has 1 aliphatic carbocycles. The Kier molecular flexibility index (Phi) is 3.47. The normalized spacial score (nSPS) is 14.0. The second-order valence-corrected chi connectivity index (χ2v) is 6.14. The van der Waals surface area contributed by atoms with Gasteiger partial charge in [0.15, 0.2) is 0 Å². The summed E-state index contributed by atoms with van der Waals surface area (Å²) in [7, 11) is 0. The highest BCUT2D eigenvalue weighted by Gasteiger charge is 2.29. The SMILES string of the molecule is Cc1nc(C2CC2)sc1C(=O)Nc1ccccc1C(N)=O. The van der Waals surface area contributed by atoms with Crippen molar-refractivity contribution in [3.05, 3.63) is 45.4 Å². The molecule has 1 aromatic carbocycles. The highest BCUT2D eigenvalue weighted by Crippen LogP contribution is 2.42. The number of carbonyl (C=O) groups excluding carboxylic acids is 2. The molecular formula is C15H15N3O2S. The van der Waals surface area contributed by atoms with Gasteiger partial charge in [-0.2, -0.15) is 0 Å². The molecule has 0 spiro atoms. The lowest BCUT2D eigenvalue weighted by molar-refractivity contribution is 0.100. The number of primary amides is 1. The third kappa shape index (κ3) is 2.80. The van der Waals surface area contributed by atoms with Crippen molar-refractivity contribution < 1.29 is 9.59 Å². The van der Waals surface area contributed by atoms with E-state index in [9.17, 15) is 9.59 Å². The van der Waals surface area contributed by atoms with Gasteiger partial charge in [-0.1, -0.05) is 12.1 Å². The number of benzene rings is 1. The molecule has 1 saturated carbocycles. The van der Waals surface area contributed by atoms with Crippen LogP contribution in [0.1, 0.15) is 49.5 Å². The monoisotopic (exact) mass is 301 g/mol. The first-order valence-electron chi connectivity index (χ1n) is 6.73. The van der Waals surface area contributed by atoms with Crippen molar-refractivity contribution in [2.24, 2.45) is 5.73 Å². The largest absolute Gasteiger partial charge is 0.366 e. The molecule has 3 N–H and O–H groups in total. The van der Waals surface area contributed by atoms with Gasteiger partial charge in [-0.05, 0) is 31.9 Å². The summed E-state index contributed by atoms with van der Waals surface area (Å²) in [6.45, 7) is 1.83. The first-order chi connectivity index (χ1) is 10.1. The van der Waals surface area contributed by atoms with Crippen LogP contribution in [0.2, 0.25) is 0 Å².